The lowest BCUT2D eigenvalue weighted by molar-refractivity contribution is 0.398. The number of unbranched alkanes of at least 4 members (excludes halogenated alkanes) is 1. The van der Waals surface area contributed by atoms with E-state index in [1.54, 1.807) is 0 Å². The molecule has 1 fully saturated rings. The molecule has 0 radical (unpaired) electrons. The highest BCUT2D eigenvalue weighted by molar-refractivity contribution is 4.64. The molecule has 0 nitrogen and oxygen atoms in total. The predicted octanol–water partition coefficient (Wildman–Crippen LogP) is 5.17. The van der Waals surface area contributed by atoms with Gasteiger partial charge in [-0.1, -0.05) is 78.1 Å². The van der Waals surface area contributed by atoms with Crippen molar-refractivity contribution >= 4 is 0 Å². The highest BCUT2D eigenvalue weighted by atomic mass is 14.2. The maximum absolute atomic E-state index is 2.34. The van der Waals surface area contributed by atoms with E-state index in [1.165, 1.54) is 64.2 Å². The molecule has 0 heteroatoms. The summed E-state index contributed by atoms with van der Waals surface area (Å²) >= 11 is 0. The molecule has 0 amide bonds. The molecular weight excluding hydrogens is 168 g/mol. The summed E-state index contributed by atoms with van der Waals surface area (Å²) in [5.41, 5.74) is 0. The average molecular weight is 196 g/mol. The van der Waals surface area contributed by atoms with Crippen LogP contribution in [-0.2, 0) is 0 Å². The summed E-state index contributed by atoms with van der Waals surface area (Å²) in [6.07, 6.45) is 15.0. The van der Waals surface area contributed by atoms with Crippen LogP contribution in [0.5, 0.6) is 0 Å². The molecule has 0 unspecified atom stereocenters. The SMILES string of the molecule is CC(C)CCCCC1CCCCCC1. The van der Waals surface area contributed by atoms with Gasteiger partial charge in [0.15, 0.2) is 0 Å². The van der Waals surface area contributed by atoms with E-state index in [9.17, 15) is 0 Å². The van der Waals surface area contributed by atoms with Crippen molar-refractivity contribution in [1.29, 1.82) is 0 Å². The molecule has 14 heavy (non-hydrogen) atoms. The van der Waals surface area contributed by atoms with Crippen LogP contribution in [0.4, 0.5) is 0 Å². The van der Waals surface area contributed by atoms with Gasteiger partial charge in [-0.3, -0.25) is 0 Å². The van der Waals surface area contributed by atoms with Gasteiger partial charge in [0, 0.05) is 0 Å². The van der Waals surface area contributed by atoms with Crippen LogP contribution >= 0.6 is 0 Å². The molecule has 0 aliphatic heterocycles. The van der Waals surface area contributed by atoms with E-state index in [4.69, 9.17) is 0 Å². The lowest BCUT2D eigenvalue weighted by Gasteiger charge is -2.13. The van der Waals surface area contributed by atoms with Crippen molar-refractivity contribution in [3.05, 3.63) is 0 Å². The fraction of sp³-hybridized carbons (Fsp3) is 1.00. The first-order chi connectivity index (χ1) is 6.79. The smallest absolute Gasteiger partial charge is 0.0414 e. The second-order valence-corrected chi connectivity index (χ2v) is 5.54. The first-order valence-electron chi connectivity index (χ1n) is 6.79. The first kappa shape index (κ1) is 12.1. The molecule has 0 spiro atoms. The van der Waals surface area contributed by atoms with Gasteiger partial charge in [-0.15, -0.1) is 0 Å². The third-order valence-corrected chi connectivity index (χ3v) is 3.62. The van der Waals surface area contributed by atoms with Crippen molar-refractivity contribution < 1.29 is 0 Å². The summed E-state index contributed by atoms with van der Waals surface area (Å²) in [6, 6.07) is 0. The second kappa shape index (κ2) is 7.31. The lowest BCUT2D eigenvalue weighted by Crippen LogP contribution is -1.99. The molecular formula is C14H28. The van der Waals surface area contributed by atoms with Crippen molar-refractivity contribution in [2.75, 3.05) is 0 Å². The molecule has 0 heterocycles. The van der Waals surface area contributed by atoms with Crippen LogP contribution in [0.15, 0.2) is 0 Å². The van der Waals surface area contributed by atoms with E-state index < -0.39 is 0 Å². The quantitative estimate of drug-likeness (QED) is 0.420. The van der Waals surface area contributed by atoms with E-state index in [0.717, 1.165) is 11.8 Å². The summed E-state index contributed by atoms with van der Waals surface area (Å²) in [4.78, 5) is 0. The third-order valence-electron chi connectivity index (χ3n) is 3.62. The van der Waals surface area contributed by atoms with E-state index in [0.29, 0.717) is 0 Å². The van der Waals surface area contributed by atoms with Crippen molar-refractivity contribution in [1.82, 2.24) is 0 Å². The molecule has 1 aliphatic rings. The van der Waals surface area contributed by atoms with Crippen LogP contribution in [0, 0.1) is 11.8 Å². The Morgan fingerprint density at radius 3 is 2.14 bits per heavy atom. The van der Waals surface area contributed by atoms with Crippen molar-refractivity contribution in [2.24, 2.45) is 11.8 Å². The third kappa shape index (κ3) is 5.67. The number of rotatable bonds is 5. The maximum Gasteiger partial charge on any atom is -0.0414 e. The minimum Gasteiger partial charge on any atom is -0.0628 e. The maximum atomic E-state index is 2.34. The van der Waals surface area contributed by atoms with Crippen LogP contribution < -0.4 is 0 Å². The Kier molecular flexibility index (Phi) is 6.31. The number of hydrogen-bond acceptors (Lipinski definition) is 0. The van der Waals surface area contributed by atoms with Gasteiger partial charge in [-0.05, 0) is 11.8 Å². The zero-order valence-corrected chi connectivity index (χ0v) is 10.2. The summed E-state index contributed by atoms with van der Waals surface area (Å²) < 4.78 is 0. The average Bonchev–Trinajstić information content (AvgIpc) is 2.40. The minimum absolute atomic E-state index is 0.907. The van der Waals surface area contributed by atoms with E-state index >= 15 is 0 Å². The van der Waals surface area contributed by atoms with Gasteiger partial charge in [0.1, 0.15) is 0 Å². The predicted molar refractivity (Wildman–Crippen MR) is 64.5 cm³/mol. The van der Waals surface area contributed by atoms with E-state index in [1.807, 2.05) is 0 Å². The summed E-state index contributed by atoms with van der Waals surface area (Å²) in [6.45, 7) is 4.68. The summed E-state index contributed by atoms with van der Waals surface area (Å²) in [7, 11) is 0. The van der Waals surface area contributed by atoms with Crippen LogP contribution in [0.2, 0.25) is 0 Å². The molecule has 84 valence electrons. The molecule has 0 aromatic rings. The fourth-order valence-electron chi connectivity index (χ4n) is 2.64. The Labute approximate surface area is 90.5 Å². The first-order valence-corrected chi connectivity index (χ1v) is 6.79. The number of hydrogen-bond donors (Lipinski definition) is 0. The Morgan fingerprint density at radius 2 is 1.57 bits per heavy atom. The Balaban J connectivity index is 1.99. The molecule has 0 N–H and O–H groups in total. The molecule has 0 bridgehead atoms. The zero-order chi connectivity index (χ0) is 10.2. The fourth-order valence-corrected chi connectivity index (χ4v) is 2.64. The van der Waals surface area contributed by atoms with Gasteiger partial charge in [0.05, 0.1) is 0 Å². The van der Waals surface area contributed by atoms with E-state index in [-0.39, 0.29) is 0 Å². The lowest BCUT2D eigenvalue weighted by atomic mass is 9.93. The van der Waals surface area contributed by atoms with Gasteiger partial charge in [-0.25, -0.2) is 0 Å². The molecule has 1 rings (SSSR count). The Bertz CT molecular complexity index is 118. The molecule has 0 saturated heterocycles. The van der Waals surface area contributed by atoms with Gasteiger partial charge in [0.2, 0.25) is 0 Å². The molecule has 0 aromatic carbocycles. The van der Waals surface area contributed by atoms with Gasteiger partial charge in [-0.2, -0.15) is 0 Å². The van der Waals surface area contributed by atoms with Crippen molar-refractivity contribution in [3.63, 3.8) is 0 Å². The van der Waals surface area contributed by atoms with Crippen LogP contribution in [0.3, 0.4) is 0 Å². The highest BCUT2D eigenvalue weighted by Crippen LogP contribution is 2.27. The topological polar surface area (TPSA) is 0 Å². The van der Waals surface area contributed by atoms with Crippen LogP contribution in [-0.4, -0.2) is 0 Å². The molecule has 1 aliphatic carbocycles. The van der Waals surface area contributed by atoms with Gasteiger partial charge < -0.3 is 0 Å². The normalized spacial score (nSPS) is 19.9. The van der Waals surface area contributed by atoms with Crippen LogP contribution in [0.1, 0.15) is 78.1 Å². The summed E-state index contributed by atoms with van der Waals surface area (Å²) in [5.74, 6) is 1.99. The Morgan fingerprint density at radius 1 is 0.929 bits per heavy atom. The van der Waals surface area contributed by atoms with E-state index in [2.05, 4.69) is 13.8 Å². The molecule has 0 atom stereocenters. The van der Waals surface area contributed by atoms with Gasteiger partial charge >= 0.3 is 0 Å². The standard InChI is InChI=1S/C14H28/c1-13(2)9-7-8-12-14-10-5-3-4-6-11-14/h13-14H,3-12H2,1-2H3. The minimum atomic E-state index is 0.907. The van der Waals surface area contributed by atoms with Crippen molar-refractivity contribution in [3.8, 4) is 0 Å². The summed E-state index contributed by atoms with van der Waals surface area (Å²) in [5, 5.41) is 0. The zero-order valence-electron chi connectivity index (χ0n) is 10.2. The Hall–Kier alpha value is 0. The van der Waals surface area contributed by atoms with Crippen LogP contribution in [0.25, 0.3) is 0 Å². The molecule has 1 saturated carbocycles. The second-order valence-electron chi connectivity index (χ2n) is 5.54. The van der Waals surface area contributed by atoms with Crippen molar-refractivity contribution in [2.45, 2.75) is 78.1 Å². The highest BCUT2D eigenvalue weighted by Gasteiger charge is 2.11. The molecule has 0 aromatic heterocycles. The monoisotopic (exact) mass is 196 g/mol. The van der Waals surface area contributed by atoms with Gasteiger partial charge in [0.25, 0.3) is 0 Å². The largest absolute Gasteiger partial charge is 0.0628 e.